The molecule has 21 heavy (non-hydrogen) atoms. The van der Waals surface area contributed by atoms with Crippen molar-refractivity contribution in [3.05, 3.63) is 70.9 Å². The summed E-state index contributed by atoms with van der Waals surface area (Å²) in [6.45, 7) is 0.179. The van der Waals surface area contributed by atoms with Gasteiger partial charge in [-0.25, -0.2) is 4.98 Å². The lowest BCUT2D eigenvalue weighted by atomic mass is 10.2. The van der Waals surface area contributed by atoms with E-state index in [4.69, 9.17) is 16.3 Å². The first-order chi connectivity index (χ1) is 10.3. The fraction of sp³-hybridized carbons (Fsp3) is 0.118. The van der Waals surface area contributed by atoms with E-state index in [0.29, 0.717) is 22.9 Å². The quantitative estimate of drug-likeness (QED) is 0.793. The SMILES string of the molecule is OCc1c(Cl)cccc1OCc1ccc2ccccc2n1. The van der Waals surface area contributed by atoms with E-state index in [9.17, 15) is 5.11 Å². The number of rotatable bonds is 4. The average Bonchev–Trinajstić information content (AvgIpc) is 2.52. The normalized spacial score (nSPS) is 10.8. The molecule has 0 amide bonds. The number of hydrogen-bond acceptors (Lipinski definition) is 3. The summed E-state index contributed by atoms with van der Waals surface area (Å²) < 4.78 is 5.74. The van der Waals surface area contributed by atoms with E-state index in [0.717, 1.165) is 16.6 Å². The lowest BCUT2D eigenvalue weighted by molar-refractivity contribution is 0.258. The van der Waals surface area contributed by atoms with Crippen LogP contribution in [0.5, 0.6) is 5.75 Å². The summed E-state index contributed by atoms with van der Waals surface area (Å²) in [5.74, 6) is 0.583. The van der Waals surface area contributed by atoms with Gasteiger partial charge in [-0.1, -0.05) is 41.9 Å². The van der Waals surface area contributed by atoms with Crippen molar-refractivity contribution in [2.75, 3.05) is 0 Å². The molecule has 0 saturated carbocycles. The topological polar surface area (TPSA) is 42.4 Å². The minimum absolute atomic E-state index is 0.153. The van der Waals surface area contributed by atoms with Crippen molar-refractivity contribution in [3.8, 4) is 5.75 Å². The first-order valence-corrected chi connectivity index (χ1v) is 7.01. The fourth-order valence-corrected chi connectivity index (χ4v) is 2.39. The molecule has 1 heterocycles. The number of para-hydroxylation sites is 1. The van der Waals surface area contributed by atoms with E-state index in [1.807, 2.05) is 36.4 Å². The predicted molar refractivity (Wildman–Crippen MR) is 83.4 cm³/mol. The molecule has 0 aliphatic heterocycles. The Balaban J connectivity index is 1.82. The Morgan fingerprint density at radius 1 is 1.00 bits per heavy atom. The maximum atomic E-state index is 9.36. The summed E-state index contributed by atoms with van der Waals surface area (Å²) in [7, 11) is 0. The molecule has 0 unspecified atom stereocenters. The zero-order chi connectivity index (χ0) is 14.7. The van der Waals surface area contributed by atoms with Crippen LogP contribution in [0.1, 0.15) is 11.3 Å². The molecule has 0 fully saturated rings. The predicted octanol–water partition coefficient (Wildman–Crippen LogP) is 3.96. The van der Waals surface area contributed by atoms with Gasteiger partial charge in [0.2, 0.25) is 0 Å². The van der Waals surface area contributed by atoms with Crippen LogP contribution in [0, 0.1) is 0 Å². The number of pyridine rings is 1. The number of benzene rings is 2. The Morgan fingerprint density at radius 2 is 1.86 bits per heavy atom. The monoisotopic (exact) mass is 299 g/mol. The van der Waals surface area contributed by atoms with Crippen molar-refractivity contribution in [2.45, 2.75) is 13.2 Å². The van der Waals surface area contributed by atoms with Crippen LogP contribution in [0.15, 0.2) is 54.6 Å². The highest BCUT2D eigenvalue weighted by Crippen LogP contribution is 2.27. The lowest BCUT2D eigenvalue weighted by Crippen LogP contribution is -2.01. The molecular weight excluding hydrogens is 286 g/mol. The number of aliphatic hydroxyl groups is 1. The molecule has 2 aromatic carbocycles. The van der Waals surface area contributed by atoms with E-state index in [1.54, 1.807) is 18.2 Å². The fourth-order valence-electron chi connectivity index (χ4n) is 2.17. The first-order valence-electron chi connectivity index (χ1n) is 6.63. The van der Waals surface area contributed by atoms with Crippen molar-refractivity contribution in [2.24, 2.45) is 0 Å². The van der Waals surface area contributed by atoms with Gasteiger partial charge in [0.1, 0.15) is 12.4 Å². The number of nitrogens with zero attached hydrogens (tertiary/aromatic N) is 1. The minimum atomic E-state index is -0.153. The largest absolute Gasteiger partial charge is 0.487 e. The molecular formula is C17H14ClNO2. The zero-order valence-electron chi connectivity index (χ0n) is 11.3. The Labute approximate surface area is 127 Å². The number of halogens is 1. The smallest absolute Gasteiger partial charge is 0.130 e. The van der Waals surface area contributed by atoms with Gasteiger partial charge in [0, 0.05) is 16.0 Å². The summed E-state index contributed by atoms with van der Waals surface area (Å²) in [6.07, 6.45) is 0. The Kier molecular flexibility index (Phi) is 4.04. The molecule has 0 aliphatic rings. The molecule has 0 atom stereocenters. The molecule has 0 saturated heterocycles. The van der Waals surface area contributed by atoms with Crippen LogP contribution in [0.3, 0.4) is 0 Å². The van der Waals surface area contributed by atoms with Crippen LogP contribution in [0.4, 0.5) is 0 Å². The molecule has 0 aliphatic carbocycles. The average molecular weight is 300 g/mol. The molecule has 3 nitrogen and oxygen atoms in total. The summed E-state index contributed by atoms with van der Waals surface area (Å²) in [5.41, 5.74) is 2.37. The Hall–Kier alpha value is -2.10. The second-order valence-electron chi connectivity index (χ2n) is 4.66. The van der Waals surface area contributed by atoms with E-state index in [1.165, 1.54) is 0 Å². The van der Waals surface area contributed by atoms with Gasteiger partial charge in [0.15, 0.2) is 0 Å². The van der Waals surface area contributed by atoms with Gasteiger partial charge in [-0.3, -0.25) is 0 Å². The minimum Gasteiger partial charge on any atom is -0.487 e. The highest BCUT2D eigenvalue weighted by atomic mass is 35.5. The van der Waals surface area contributed by atoms with Gasteiger partial charge in [0.05, 0.1) is 17.8 Å². The molecule has 0 radical (unpaired) electrons. The third-order valence-electron chi connectivity index (χ3n) is 3.27. The third kappa shape index (κ3) is 2.99. The Morgan fingerprint density at radius 3 is 2.71 bits per heavy atom. The molecule has 4 heteroatoms. The molecule has 0 bridgehead atoms. The second kappa shape index (κ2) is 6.12. The molecule has 3 aromatic rings. The number of aliphatic hydroxyl groups excluding tert-OH is 1. The van der Waals surface area contributed by atoms with Crippen LogP contribution in [0.2, 0.25) is 5.02 Å². The van der Waals surface area contributed by atoms with E-state index in [2.05, 4.69) is 4.98 Å². The summed E-state index contributed by atoms with van der Waals surface area (Å²) >= 11 is 6.03. The van der Waals surface area contributed by atoms with Gasteiger partial charge in [-0.05, 0) is 24.3 Å². The van der Waals surface area contributed by atoms with Gasteiger partial charge in [0.25, 0.3) is 0 Å². The standard InChI is InChI=1S/C17H14ClNO2/c18-15-5-3-7-17(14(15)10-20)21-11-13-9-8-12-4-1-2-6-16(12)19-13/h1-9,20H,10-11H2. The lowest BCUT2D eigenvalue weighted by Gasteiger charge is -2.11. The molecule has 3 rings (SSSR count). The maximum absolute atomic E-state index is 9.36. The van der Waals surface area contributed by atoms with Crippen molar-refractivity contribution in [3.63, 3.8) is 0 Å². The molecule has 1 N–H and O–H groups in total. The van der Waals surface area contributed by atoms with Crippen molar-refractivity contribution < 1.29 is 9.84 Å². The number of aromatic nitrogens is 1. The second-order valence-corrected chi connectivity index (χ2v) is 5.07. The van der Waals surface area contributed by atoms with Gasteiger partial charge in [-0.15, -0.1) is 0 Å². The van der Waals surface area contributed by atoms with Crippen LogP contribution in [-0.4, -0.2) is 10.1 Å². The molecule has 1 aromatic heterocycles. The number of ether oxygens (including phenoxy) is 1. The summed E-state index contributed by atoms with van der Waals surface area (Å²) in [5, 5.41) is 11.0. The van der Waals surface area contributed by atoms with Crippen LogP contribution < -0.4 is 4.74 Å². The third-order valence-corrected chi connectivity index (χ3v) is 3.62. The molecule has 106 valence electrons. The van der Waals surface area contributed by atoms with E-state index in [-0.39, 0.29) is 6.61 Å². The van der Waals surface area contributed by atoms with Gasteiger partial charge in [-0.2, -0.15) is 0 Å². The van der Waals surface area contributed by atoms with Gasteiger partial charge >= 0.3 is 0 Å². The highest BCUT2D eigenvalue weighted by Gasteiger charge is 2.07. The Bertz CT molecular complexity index is 774. The summed E-state index contributed by atoms with van der Waals surface area (Å²) in [4.78, 5) is 4.55. The van der Waals surface area contributed by atoms with E-state index >= 15 is 0 Å². The summed E-state index contributed by atoms with van der Waals surface area (Å²) in [6, 6.07) is 17.2. The molecule has 0 spiro atoms. The number of hydrogen-bond donors (Lipinski definition) is 1. The van der Waals surface area contributed by atoms with Crippen molar-refractivity contribution >= 4 is 22.5 Å². The van der Waals surface area contributed by atoms with Gasteiger partial charge < -0.3 is 9.84 Å². The zero-order valence-corrected chi connectivity index (χ0v) is 12.0. The van der Waals surface area contributed by atoms with Crippen LogP contribution >= 0.6 is 11.6 Å². The highest BCUT2D eigenvalue weighted by molar-refractivity contribution is 6.31. The van der Waals surface area contributed by atoms with Crippen molar-refractivity contribution in [1.82, 2.24) is 4.98 Å². The van der Waals surface area contributed by atoms with Crippen LogP contribution in [0.25, 0.3) is 10.9 Å². The number of fused-ring (bicyclic) bond motifs is 1. The van der Waals surface area contributed by atoms with Crippen molar-refractivity contribution in [1.29, 1.82) is 0 Å². The first kappa shape index (κ1) is 13.9. The maximum Gasteiger partial charge on any atom is 0.130 e. The van der Waals surface area contributed by atoms with Crippen LogP contribution in [-0.2, 0) is 13.2 Å². The van der Waals surface area contributed by atoms with E-state index < -0.39 is 0 Å².